The highest BCUT2D eigenvalue weighted by atomic mass is 19.1. The highest BCUT2D eigenvalue weighted by Gasteiger charge is 2.27. The Bertz CT molecular complexity index is 676. The van der Waals surface area contributed by atoms with Crippen LogP contribution >= 0.6 is 0 Å². The van der Waals surface area contributed by atoms with Crippen LogP contribution in [0.25, 0.3) is 0 Å². The molecular weight excluding hydrogens is 303 g/mol. The number of aromatic nitrogens is 2. The third-order valence-electron chi connectivity index (χ3n) is 4.88. The number of halogens is 1. The van der Waals surface area contributed by atoms with Crippen LogP contribution in [-0.2, 0) is 6.54 Å². The van der Waals surface area contributed by atoms with Crippen molar-refractivity contribution in [2.24, 2.45) is 0 Å². The monoisotopic (exact) mass is 326 g/mol. The summed E-state index contributed by atoms with van der Waals surface area (Å²) in [6.07, 6.45) is 6.52. The normalized spacial score (nSPS) is 19.4. The van der Waals surface area contributed by atoms with Gasteiger partial charge >= 0.3 is 0 Å². The number of hydrogen-bond acceptors (Lipinski definition) is 4. The average Bonchev–Trinajstić information content (AvgIpc) is 3.44. The van der Waals surface area contributed by atoms with Gasteiger partial charge in [-0.25, -0.2) is 14.4 Å². The standard InChI is InChI=1S/C19H23FN4/c20-16-5-1-14(2-6-16)13-24-11-8-17(9-12-24)22-18-7-10-21-19(23-18)15-3-4-15/h1-2,5-7,10,15,17H,3-4,8-9,11-13H2,(H,21,22,23). The lowest BCUT2D eigenvalue weighted by Gasteiger charge is -2.32. The molecule has 1 aliphatic carbocycles. The molecule has 2 fully saturated rings. The number of nitrogens with one attached hydrogen (secondary N) is 1. The van der Waals surface area contributed by atoms with Crippen molar-refractivity contribution in [3.05, 3.63) is 53.7 Å². The van der Waals surface area contributed by atoms with Gasteiger partial charge in [0.05, 0.1) is 0 Å². The molecule has 126 valence electrons. The number of benzene rings is 1. The minimum atomic E-state index is -0.169. The number of rotatable bonds is 5. The Balaban J connectivity index is 1.28. The summed E-state index contributed by atoms with van der Waals surface area (Å²) < 4.78 is 13.0. The summed E-state index contributed by atoms with van der Waals surface area (Å²) in [5.74, 6) is 2.37. The summed E-state index contributed by atoms with van der Waals surface area (Å²) >= 11 is 0. The van der Waals surface area contributed by atoms with Gasteiger partial charge in [0.15, 0.2) is 0 Å². The molecule has 4 nitrogen and oxygen atoms in total. The third kappa shape index (κ3) is 3.90. The number of hydrogen-bond donors (Lipinski definition) is 1. The second-order valence-electron chi connectivity index (χ2n) is 6.90. The van der Waals surface area contributed by atoms with Gasteiger partial charge in [-0.3, -0.25) is 4.90 Å². The highest BCUT2D eigenvalue weighted by molar-refractivity contribution is 5.35. The summed E-state index contributed by atoms with van der Waals surface area (Å²) in [5.41, 5.74) is 1.17. The smallest absolute Gasteiger partial charge is 0.133 e. The maximum Gasteiger partial charge on any atom is 0.133 e. The molecule has 0 amide bonds. The van der Waals surface area contributed by atoms with Gasteiger partial charge in [-0.05, 0) is 49.4 Å². The van der Waals surface area contributed by atoms with Crippen LogP contribution in [0.15, 0.2) is 36.5 Å². The summed E-state index contributed by atoms with van der Waals surface area (Å²) in [6, 6.07) is 9.26. The fraction of sp³-hybridized carbons (Fsp3) is 0.474. The van der Waals surface area contributed by atoms with Crippen LogP contribution in [0, 0.1) is 5.82 Å². The maximum absolute atomic E-state index is 13.0. The van der Waals surface area contributed by atoms with Gasteiger partial charge in [0, 0.05) is 37.8 Å². The van der Waals surface area contributed by atoms with Crippen LogP contribution in [0.2, 0.25) is 0 Å². The Morgan fingerprint density at radius 3 is 2.50 bits per heavy atom. The van der Waals surface area contributed by atoms with E-state index in [0.29, 0.717) is 12.0 Å². The molecule has 0 unspecified atom stereocenters. The first-order valence-corrected chi connectivity index (χ1v) is 8.82. The fourth-order valence-corrected chi connectivity index (χ4v) is 3.28. The zero-order chi connectivity index (χ0) is 16.4. The molecular formula is C19H23FN4. The first-order chi connectivity index (χ1) is 11.8. The quantitative estimate of drug-likeness (QED) is 0.912. The summed E-state index contributed by atoms with van der Waals surface area (Å²) in [6.45, 7) is 3.00. The van der Waals surface area contributed by atoms with E-state index in [4.69, 9.17) is 0 Å². The largest absolute Gasteiger partial charge is 0.367 e. The molecule has 24 heavy (non-hydrogen) atoms. The molecule has 0 bridgehead atoms. The molecule has 1 N–H and O–H groups in total. The van der Waals surface area contributed by atoms with E-state index in [1.165, 1.54) is 30.5 Å². The SMILES string of the molecule is Fc1ccc(CN2CCC(Nc3ccnc(C4CC4)n3)CC2)cc1. The predicted molar refractivity (Wildman–Crippen MR) is 92.3 cm³/mol. The summed E-state index contributed by atoms with van der Waals surface area (Å²) in [4.78, 5) is 11.5. The fourth-order valence-electron chi connectivity index (χ4n) is 3.28. The van der Waals surface area contributed by atoms with E-state index in [0.717, 1.165) is 44.1 Å². The van der Waals surface area contributed by atoms with E-state index in [1.54, 1.807) is 0 Å². The van der Waals surface area contributed by atoms with Gasteiger partial charge in [-0.1, -0.05) is 12.1 Å². The number of likely N-dealkylation sites (tertiary alicyclic amines) is 1. The second kappa shape index (κ2) is 6.85. The van der Waals surface area contributed by atoms with Crippen molar-refractivity contribution in [2.45, 2.75) is 44.2 Å². The van der Waals surface area contributed by atoms with Gasteiger partial charge in [0.1, 0.15) is 17.5 Å². The van der Waals surface area contributed by atoms with Crippen LogP contribution in [0.1, 0.15) is 43.0 Å². The van der Waals surface area contributed by atoms with Crippen molar-refractivity contribution in [3.8, 4) is 0 Å². The molecule has 1 aliphatic heterocycles. The second-order valence-corrected chi connectivity index (χ2v) is 6.90. The summed E-state index contributed by atoms with van der Waals surface area (Å²) in [5, 5.41) is 3.57. The Morgan fingerprint density at radius 1 is 1.04 bits per heavy atom. The van der Waals surface area contributed by atoms with E-state index >= 15 is 0 Å². The van der Waals surface area contributed by atoms with E-state index in [-0.39, 0.29) is 5.82 Å². The molecule has 1 aromatic heterocycles. The lowest BCUT2D eigenvalue weighted by Crippen LogP contribution is -2.38. The molecule has 0 atom stereocenters. The molecule has 1 saturated heterocycles. The number of anilines is 1. The average molecular weight is 326 g/mol. The molecule has 2 aliphatic rings. The van der Waals surface area contributed by atoms with Crippen molar-refractivity contribution >= 4 is 5.82 Å². The molecule has 5 heteroatoms. The minimum absolute atomic E-state index is 0.169. The Kier molecular flexibility index (Phi) is 4.43. The molecule has 1 aromatic carbocycles. The predicted octanol–water partition coefficient (Wildman–Crippen LogP) is 3.57. The molecule has 1 saturated carbocycles. The van der Waals surface area contributed by atoms with E-state index in [2.05, 4.69) is 20.2 Å². The van der Waals surface area contributed by atoms with Crippen molar-refractivity contribution in [1.29, 1.82) is 0 Å². The van der Waals surface area contributed by atoms with E-state index in [9.17, 15) is 4.39 Å². The molecule has 2 heterocycles. The molecule has 4 rings (SSSR count). The number of piperidine rings is 1. The third-order valence-corrected chi connectivity index (χ3v) is 4.88. The van der Waals surface area contributed by atoms with Crippen LogP contribution in [-0.4, -0.2) is 34.0 Å². The number of nitrogens with zero attached hydrogens (tertiary/aromatic N) is 3. The van der Waals surface area contributed by atoms with Gasteiger partial charge < -0.3 is 5.32 Å². The summed E-state index contributed by atoms with van der Waals surface area (Å²) in [7, 11) is 0. The Morgan fingerprint density at radius 2 is 1.79 bits per heavy atom. The Labute approximate surface area is 142 Å². The zero-order valence-corrected chi connectivity index (χ0v) is 13.8. The maximum atomic E-state index is 13.0. The van der Waals surface area contributed by atoms with Crippen LogP contribution in [0.4, 0.5) is 10.2 Å². The highest BCUT2D eigenvalue weighted by Crippen LogP contribution is 2.38. The van der Waals surface area contributed by atoms with Crippen molar-refractivity contribution in [3.63, 3.8) is 0 Å². The molecule has 0 spiro atoms. The van der Waals surface area contributed by atoms with Gasteiger partial charge in [0.2, 0.25) is 0 Å². The van der Waals surface area contributed by atoms with Gasteiger partial charge in [0.25, 0.3) is 0 Å². The molecule has 2 aromatic rings. The van der Waals surface area contributed by atoms with Gasteiger partial charge in [-0.2, -0.15) is 0 Å². The lowest BCUT2D eigenvalue weighted by atomic mass is 10.0. The van der Waals surface area contributed by atoms with Crippen molar-refractivity contribution < 1.29 is 4.39 Å². The first kappa shape index (κ1) is 15.5. The Hall–Kier alpha value is -2.01. The van der Waals surface area contributed by atoms with Crippen LogP contribution in [0.3, 0.4) is 0 Å². The van der Waals surface area contributed by atoms with E-state index < -0.39 is 0 Å². The first-order valence-electron chi connectivity index (χ1n) is 8.82. The van der Waals surface area contributed by atoms with Crippen molar-refractivity contribution in [1.82, 2.24) is 14.9 Å². The van der Waals surface area contributed by atoms with Crippen molar-refractivity contribution in [2.75, 3.05) is 18.4 Å². The topological polar surface area (TPSA) is 41.0 Å². The zero-order valence-electron chi connectivity index (χ0n) is 13.8. The lowest BCUT2D eigenvalue weighted by molar-refractivity contribution is 0.211. The van der Waals surface area contributed by atoms with E-state index in [1.807, 2.05) is 24.4 Å². The molecule has 0 radical (unpaired) electrons. The van der Waals surface area contributed by atoms with Gasteiger partial charge in [-0.15, -0.1) is 0 Å². The van der Waals surface area contributed by atoms with Crippen LogP contribution in [0.5, 0.6) is 0 Å². The minimum Gasteiger partial charge on any atom is -0.367 e. The van der Waals surface area contributed by atoms with Crippen LogP contribution < -0.4 is 5.32 Å².